The van der Waals surface area contributed by atoms with Gasteiger partial charge in [0.1, 0.15) is 0 Å². The molecule has 1 aromatic carbocycles. The maximum absolute atomic E-state index is 11.9. The van der Waals surface area contributed by atoms with E-state index in [1.165, 1.54) is 18.2 Å². The van der Waals surface area contributed by atoms with Crippen molar-refractivity contribution in [2.75, 3.05) is 19.8 Å². The summed E-state index contributed by atoms with van der Waals surface area (Å²) in [4.78, 5) is 0.0754. The van der Waals surface area contributed by atoms with Crippen molar-refractivity contribution in [2.24, 2.45) is 0 Å². The maximum atomic E-state index is 11.9. The van der Waals surface area contributed by atoms with Gasteiger partial charge in [-0.05, 0) is 25.1 Å². The van der Waals surface area contributed by atoms with Crippen molar-refractivity contribution < 1.29 is 13.2 Å². The number of hydrogen-bond donors (Lipinski definition) is 1. The number of nitriles is 1. The number of nitrogens with one attached hydrogen (secondary N) is 1. The molecule has 0 radical (unpaired) electrons. The normalized spacial score (nSPS) is 10.9. The van der Waals surface area contributed by atoms with E-state index < -0.39 is 10.0 Å². The molecule has 0 saturated carbocycles. The van der Waals surface area contributed by atoms with Gasteiger partial charge < -0.3 is 4.74 Å². The molecule has 0 spiro atoms. The van der Waals surface area contributed by atoms with Crippen LogP contribution in [0.1, 0.15) is 12.5 Å². The first-order valence-corrected chi connectivity index (χ1v) is 7.16. The Hall–Kier alpha value is -1.68. The molecule has 0 bridgehead atoms. The predicted octanol–water partition coefficient (Wildman–Crippen LogP) is 1.43. The zero-order valence-corrected chi connectivity index (χ0v) is 11.5. The molecule has 0 saturated heterocycles. The Bertz CT molecular complexity index is 588. The van der Waals surface area contributed by atoms with E-state index in [-0.39, 0.29) is 18.0 Å². The zero-order valence-electron chi connectivity index (χ0n) is 10.7. The number of rotatable bonds is 7. The fourth-order valence-electron chi connectivity index (χ4n) is 1.31. The van der Waals surface area contributed by atoms with Crippen LogP contribution in [-0.2, 0) is 14.8 Å². The van der Waals surface area contributed by atoms with Crippen LogP contribution >= 0.6 is 0 Å². The molecule has 0 heterocycles. The largest absolute Gasteiger partial charge is 0.376 e. The molecular formula is C13H16N2O3S. The van der Waals surface area contributed by atoms with E-state index in [4.69, 9.17) is 10.00 Å². The number of hydrogen-bond acceptors (Lipinski definition) is 4. The van der Waals surface area contributed by atoms with Gasteiger partial charge in [-0.2, -0.15) is 5.26 Å². The molecule has 0 aromatic heterocycles. The molecule has 0 unspecified atom stereocenters. The minimum atomic E-state index is -3.60. The Balaban J connectivity index is 2.56. The van der Waals surface area contributed by atoms with Crippen LogP contribution in [0.3, 0.4) is 0 Å². The van der Waals surface area contributed by atoms with Crippen molar-refractivity contribution in [3.05, 3.63) is 42.0 Å². The topological polar surface area (TPSA) is 79.2 Å². The predicted molar refractivity (Wildman–Crippen MR) is 72.0 cm³/mol. The Morgan fingerprint density at radius 1 is 1.53 bits per heavy atom. The third-order valence-corrected chi connectivity index (χ3v) is 3.62. The van der Waals surface area contributed by atoms with Gasteiger partial charge in [0.25, 0.3) is 0 Å². The van der Waals surface area contributed by atoms with Crippen LogP contribution in [0.2, 0.25) is 0 Å². The summed E-state index contributed by atoms with van der Waals surface area (Å²) in [6, 6.07) is 7.76. The molecule has 6 heteroatoms. The molecule has 102 valence electrons. The standard InChI is InChI=1S/C13H16N2O3S/c1-11(2)10-18-7-6-15-19(16,17)13-5-3-4-12(8-13)9-14/h3-5,8,15H,1,6-7,10H2,2H3. The van der Waals surface area contributed by atoms with Crippen molar-refractivity contribution in [2.45, 2.75) is 11.8 Å². The van der Waals surface area contributed by atoms with Gasteiger partial charge in [0, 0.05) is 6.54 Å². The summed E-state index contributed by atoms with van der Waals surface area (Å²) in [5.74, 6) is 0. The summed E-state index contributed by atoms with van der Waals surface area (Å²) in [5.41, 5.74) is 1.19. The summed E-state index contributed by atoms with van der Waals surface area (Å²) in [7, 11) is -3.60. The Morgan fingerprint density at radius 2 is 2.26 bits per heavy atom. The van der Waals surface area contributed by atoms with Gasteiger partial charge in [-0.3, -0.25) is 0 Å². The van der Waals surface area contributed by atoms with E-state index >= 15 is 0 Å². The van der Waals surface area contributed by atoms with E-state index in [0.717, 1.165) is 5.57 Å². The SMILES string of the molecule is C=C(C)COCCNS(=O)(=O)c1cccc(C#N)c1. The first-order valence-electron chi connectivity index (χ1n) is 5.67. The molecule has 0 atom stereocenters. The summed E-state index contributed by atoms with van der Waals surface area (Å²) in [6.07, 6.45) is 0. The molecule has 5 nitrogen and oxygen atoms in total. The third kappa shape index (κ3) is 5.22. The molecule has 0 aliphatic heterocycles. The van der Waals surface area contributed by atoms with Crippen LogP contribution in [-0.4, -0.2) is 28.2 Å². The van der Waals surface area contributed by atoms with Gasteiger partial charge >= 0.3 is 0 Å². The lowest BCUT2D eigenvalue weighted by atomic mass is 10.2. The smallest absolute Gasteiger partial charge is 0.240 e. The van der Waals surface area contributed by atoms with Gasteiger partial charge in [0.2, 0.25) is 10.0 Å². The van der Waals surface area contributed by atoms with Crippen LogP contribution < -0.4 is 4.72 Å². The summed E-state index contributed by atoms with van der Waals surface area (Å²) >= 11 is 0. The highest BCUT2D eigenvalue weighted by Crippen LogP contribution is 2.10. The zero-order chi connectivity index (χ0) is 14.3. The minimum Gasteiger partial charge on any atom is -0.376 e. The summed E-state index contributed by atoms with van der Waals surface area (Å²) in [6.45, 7) is 6.35. The fourth-order valence-corrected chi connectivity index (χ4v) is 2.37. The van der Waals surface area contributed by atoms with Crippen molar-refractivity contribution >= 4 is 10.0 Å². The van der Waals surface area contributed by atoms with Crippen molar-refractivity contribution in [1.82, 2.24) is 4.72 Å². The van der Waals surface area contributed by atoms with Crippen molar-refractivity contribution in [3.63, 3.8) is 0 Å². The molecule has 0 aliphatic rings. The lowest BCUT2D eigenvalue weighted by Gasteiger charge is -2.07. The van der Waals surface area contributed by atoms with Crippen LogP contribution in [0.15, 0.2) is 41.3 Å². The van der Waals surface area contributed by atoms with E-state index in [1.54, 1.807) is 6.07 Å². The van der Waals surface area contributed by atoms with Crippen LogP contribution in [0.25, 0.3) is 0 Å². The second-order valence-electron chi connectivity index (χ2n) is 4.05. The Kier molecular flexibility index (Phi) is 5.70. The van der Waals surface area contributed by atoms with Gasteiger partial charge in [0.05, 0.1) is 29.7 Å². The minimum absolute atomic E-state index is 0.0754. The van der Waals surface area contributed by atoms with Gasteiger partial charge in [-0.1, -0.05) is 18.2 Å². The first kappa shape index (κ1) is 15.4. The van der Waals surface area contributed by atoms with Crippen molar-refractivity contribution in [1.29, 1.82) is 5.26 Å². The molecule has 1 N–H and O–H groups in total. The van der Waals surface area contributed by atoms with Crippen molar-refractivity contribution in [3.8, 4) is 6.07 Å². The van der Waals surface area contributed by atoms with Gasteiger partial charge in [-0.15, -0.1) is 0 Å². The molecule has 0 aliphatic carbocycles. The van der Waals surface area contributed by atoms with Gasteiger partial charge in [0.15, 0.2) is 0 Å². The monoisotopic (exact) mass is 280 g/mol. The first-order chi connectivity index (χ1) is 8.95. The summed E-state index contributed by atoms with van der Waals surface area (Å²) < 4.78 is 31.4. The molecular weight excluding hydrogens is 264 g/mol. The second kappa shape index (κ2) is 7.04. The number of ether oxygens (including phenoxy) is 1. The van der Waals surface area contributed by atoms with Crippen LogP contribution in [0.5, 0.6) is 0 Å². The molecule has 1 rings (SSSR count). The van der Waals surface area contributed by atoms with Crippen LogP contribution in [0, 0.1) is 11.3 Å². The van der Waals surface area contributed by atoms with E-state index in [2.05, 4.69) is 11.3 Å². The second-order valence-corrected chi connectivity index (χ2v) is 5.81. The highest BCUT2D eigenvalue weighted by molar-refractivity contribution is 7.89. The maximum Gasteiger partial charge on any atom is 0.240 e. The molecule has 0 fully saturated rings. The highest BCUT2D eigenvalue weighted by atomic mass is 32.2. The number of sulfonamides is 1. The lowest BCUT2D eigenvalue weighted by Crippen LogP contribution is -2.27. The number of nitrogens with zero attached hydrogens (tertiary/aromatic N) is 1. The van der Waals surface area contributed by atoms with E-state index in [1.807, 2.05) is 13.0 Å². The quantitative estimate of drug-likeness (QED) is 0.605. The Morgan fingerprint density at radius 3 is 2.89 bits per heavy atom. The van der Waals surface area contributed by atoms with Gasteiger partial charge in [-0.25, -0.2) is 13.1 Å². The molecule has 1 aromatic rings. The average molecular weight is 280 g/mol. The van der Waals surface area contributed by atoms with E-state index in [0.29, 0.717) is 12.2 Å². The lowest BCUT2D eigenvalue weighted by molar-refractivity contribution is 0.162. The fraction of sp³-hybridized carbons (Fsp3) is 0.308. The Labute approximate surface area is 113 Å². The molecule has 19 heavy (non-hydrogen) atoms. The number of benzene rings is 1. The average Bonchev–Trinajstić information content (AvgIpc) is 2.38. The summed E-state index contributed by atoms with van der Waals surface area (Å²) in [5, 5.41) is 8.73. The van der Waals surface area contributed by atoms with E-state index in [9.17, 15) is 8.42 Å². The van der Waals surface area contributed by atoms with Crippen LogP contribution in [0.4, 0.5) is 0 Å². The third-order valence-electron chi connectivity index (χ3n) is 2.16. The highest BCUT2D eigenvalue weighted by Gasteiger charge is 2.13. The molecule has 0 amide bonds.